The highest BCUT2D eigenvalue weighted by molar-refractivity contribution is 5.75. The van der Waals surface area contributed by atoms with Crippen molar-refractivity contribution in [3.63, 3.8) is 0 Å². The van der Waals surface area contributed by atoms with Crippen LogP contribution in [0.5, 0.6) is 0 Å². The molecule has 4 aliphatic carbocycles. The Hall–Kier alpha value is -1.97. The van der Waals surface area contributed by atoms with Crippen LogP contribution >= 0.6 is 0 Å². The van der Waals surface area contributed by atoms with Crippen molar-refractivity contribution in [3.8, 4) is 0 Å². The van der Waals surface area contributed by atoms with Gasteiger partial charge in [-0.3, -0.25) is 4.98 Å². The number of nitrogens with zero attached hydrogens (tertiary/aromatic N) is 1. The quantitative estimate of drug-likeness (QED) is 0.387. The Labute approximate surface area is 232 Å². The summed E-state index contributed by atoms with van der Waals surface area (Å²) in [6, 6.07) is 4.40. The Balaban J connectivity index is 0.00000164. The molecule has 8 unspecified atom stereocenters. The molecule has 3 nitrogen and oxygen atoms in total. The van der Waals surface area contributed by atoms with Crippen molar-refractivity contribution in [2.75, 3.05) is 0 Å². The van der Waals surface area contributed by atoms with E-state index < -0.39 is 6.10 Å². The minimum absolute atomic E-state index is 0.00943. The van der Waals surface area contributed by atoms with E-state index in [0.29, 0.717) is 17.8 Å². The summed E-state index contributed by atoms with van der Waals surface area (Å²) in [5, 5.41) is 12.3. The van der Waals surface area contributed by atoms with Crippen LogP contribution in [0.1, 0.15) is 98.5 Å². The highest BCUT2D eigenvalue weighted by Crippen LogP contribution is 2.69. The molecule has 0 bridgehead atoms. The molecule has 5 rings (SSSR count). The maximum atomic E-state index is 12.3. The van der Waals surface area contributed by atoms with Crippen molar-refractivity contribution in [1.29, 1.82) is 0 Å². The van der Waals surface area contributed by atoms with E-state index in [0.717, 1.165) is 61.7 Å². The molecule has 3 N–H and O–H groups in total. The molecule has 2 fully saturated rings. The van der Waals surface area contributed by atoms with Gasteiger partial charge in [0, 0.05) is 24.4 Å². The van der Waals surface area contributed by atoms with Gasteiger partial charge in [-0.25, -0.2) is 0 Å². The van der Waals surface area contributed by atoms with Gasteiger partial charge in [0.05, 0.1) is 6.10 Å². The minimum atomic E-state index is -0.478. The summed E-state index contributed by atoms with van der Waals surface area (Å²) in [5.41, 5.74) is 14.0. The normalized spacial score (nSPS) is 38.2. The number of fused-ring (bicyclic) bond motifs is 3. The first-order valence-corrected chi connectivity index (χ1v) is 15.2. The molecule has 0 spiro atoms. The lowest BCUT2D eigenvalue weighted by atomic mass is 9.39. The molecule has 1 aromatic rings. The van der Waals surface area contributed by atoms with Crippen molar-refractivity contribution in [3.05, 3.63) is 71.6 Å². The van der Waals surface area contributed by atoms with Crippen LogP contribution in [0.15, 0.2) is 66.1 Å². The lowest BCUT2D eigenvalue weighted by Crippen LogP contribution is -2.63. The highest BCUT2D eigenvalue weighted by atomic mass is 16.3. The van der Waals surface area contributed by atoms with E-state index in [9.17, 15) is 5.11 Å². The molecule has 0 aliphatic heterocycles. The van der Waals surface area contributed by atoms with E-state index >= 15 is 0 Å². The van der Waals surface area contributed by atoms with Crippen LogP contribution in [0, 0.1) is 34.5 Å². The van der Waals surface area contributed by atoms with Crippen molar-refractivity contribution in [2.45, 2.75) is 105 Å². The average Bonchev–Trinajstić information content (AvgIpc) is 2.89. The zero-order valence-electron chi connectivity index (χ0n) is 24.9. The van der Waals surface area contributed by atoms with Crippen LogP contribution in [0.25, 0.3) is 5.57 Å². The monoisotopic (exact) mass is 516 g/mol. The third-order valence-electron chi connectivity index (χ3n) is 10.9. The first kappa shape index (κ1) is 29.0. The smallest absolute Gasteiger partial charge is 0.0834 e. The number of aliphatic hydroxyl groups excluding tert-OH is 1. The Morgan fingerprint density at radius 3 is 2.63 bits per heavy atom. The van der Waals surface area contributed by atoms with Gasteiger partial charge in [0.15, 0.2) is 0 Å². The summed E-state index contributed by atoms with van der Waals surface area (Å²) in [5.74, 6) is 1.72. The number of nitrogens with two attached hydrogens (primary N) is 1. The predicted molar refractivity (Wildman–Crippen MR) is 161 cm³/mol. The first-order chi connectivity index (χ1) is 18.1. The topological polar surface area (TPSA) is 59.1 Å². The van der Waals surface area contributed by atoms with Crippen molar-refractivity contribution in [2.24, 2.45) is 40.2 Å². The molecule has 2 saturated carbocycles. The van der Waals surface area contributed by atoms with Gasteiger partial charge in [0.2, 0.25) is 0 Å². The SMILES string of the molecule is C=C(CCC)CC1CC2C(C)C(N)CCC2(C)C2C(O)C3=C(C=C(c4cccnc4)CC3=C)CC12C.CC. The van der Waals surface area contributed by atoms with E-state index in [1.165, 1.54) is 23.1 Å². The second-order valence-corrected chi connectivity index (χ2v) is 13.0. The van der Waals surface area contributed by atoms with Gasteiger partial charge in [-0.15, -0.1) is 0 Å². The first-order valence-electron chi connectivity index (χ1n) is 15.2. The number of aromatic nitrogens is 1. The van der Waals surface area contributed by atoms with Gasteiger partial charge in [-0.05, 0) is 107 Å². The fourth-order valence-corrected chi connectivity index (χ4v) is 9.13. The molecule has 0 aromatic carbocycles. The highest BCUT2D eigenvalue weighted by Gasteiger charge is 2.64. The van der Waals surface area contributed by atoms with Crippen molar-refractivity contribution >= 4 is 5.57 Å². The Morgan fingerprint density at radius 1 is 1.24 bits per heavy atom. The van der Waals surface area contributed by atoms with Crippen molar-refractivity contribution in [1.82, 2.24) is 4.98 Å². The van der Waals surface area contributed by atoms with Crippen LogP contribution in [-0.2, 0) is 0 Å². The zero-order valence-corrected chi connectivity index (χ0v) is 24.9. The van der Waals surface area contributed by atoms with Crippen LogP contribution in [-0.4, -0.2) is 22.2 Å². The molecule has 3 heteroatoms. The number of hydrogen-bond donors (Lipinski definition) is 2. The van der Waals surface area contributed by atoms with Gasteiger partial charge in [0.1, 0.15) is 0 Å². The second kappa shape index (κ2) is 11.3. The number of aliphatic hydroxyl groups is 1. The van der Waals surface area contributed by atoms with E-state index in [4.69, 9.17) is 5.73 Å². The number of pyridine rings is 1. The summed E-state index contributed by atoms with van der Waals surface area (Å²) in [6.07, 6.45) is 14.1. The number of allylic oxidation sites excluding steroid dienone is 4. The molecular formula is C35H52N2O. The van der Waals surface area contributed by atoms with Crippen LogP contribution in [0.4, 0.5) is 0 Å². The molecule has 0 amide bonds. The summed E-state index contributed by atoms with van der Waals surface area (Å²) in [4.78, 5) is 4.36. The zero-order chi connectivity index (χ0) is 27.8. The van der Waals surface area contributed by atoms with E-state index in [2.05, 4.69) is 58.0 Å². The predicted octanol–water partition coefficient (Wildman–Crippen LogP) is 8.28. The summed E-state index contributed by atoms with van der Waals surface area (Å²) in [7, 11) is 0. The van der Waals surface area contributed by atoms with Gasteiger partial charge in [-0.2, -0.15) is 0 Å². The molecule has 4 aliphatic rings. The second-order valence-electron chi connectivity index (χ2n) is 13.0. The Morgan fingerprint density at radius 2 is 1.97 bits per heavy atom. The summed E-state index contributed by atoms with van der Waals surface area (Å²) in [6.45, 7) is 22.6. The average molecular weight is 517 g/mol. The third-order valence-corrected chi connectivity index (χ3v) is 10.9. The number of hydrogen-bond acceptors (Lipinski definition) is 3. The van der Waals surface area contributed by atoms with Crippen molar-refractivity contribution < 1.29 is 5.11 Å². The van der Waals surface area contributed by atoms with Crippen LogP contribution in [0.3, 0.4) is 0 Å². The van der Waals surface area contributed by atoms with E-state index in [-0.39, 0.29) is 22.8 Å². The van der Waals surface area contributed by atoms with E-state index in [1.807, 2.05) is 32.3 Å². The Bertz CT molecular complexity index is 1100. The lowest BCUT2D eigenvalue weighted by Gasteiger charge is -2.66. The lowest BCUT2D eigenvalue weighted by molar-refractivity contribution is -0.174. The number of rotatable bonds is 5. The molecule has 1 heterocycles. The fourth-order valence-electron chi connectivity index (χ4n) is 9.13. The summed E-state index contributed by atoms with van der Waals surface area (Å²) >= 11 is 0. The largest absolute Gasteiger partial charge is 0.388 e. The van der Waals surface area contributed by atoms with Gasteiger partial charge in [0.25, 0.3) is 0 Å². The molecule has 0 saturated heterocycles. The maximum Gasteiger partial charge on any atom is 0.0834 e. The molecule has 1 aromatic heterocycles. The maximum absolute atomic E-state index is 12.3. The molecule has 8 atom stereocenters. The van der Waals surface area contributed by atoms with E-state index in [1.54, 1.807) is 0 Å². The fraction of sp³-hybridized carbons (Fsp3) is 0.629. The Kier molecular flexibility index (Phi) is 8.60. The third kappa shape index (κ3) is 4.79. The minimum Gasteiger partial charge on any atom is -0.388 e. The molecule has 0 radical (unpaired) electrons. The van der Waals surface area contributed by atoms with Gasteiger partial charge >= 0.3 is 0 Å². The van der Waals surface area contributed by atoms with Gasteiger partial charge in [-0.1, -0.05) is 78.8 Å². The van der Waals surface area contributed by atoms with Crippen LogP contribution < -0.4 is 5.73 Å². The molecule has 38 heavy (non-hydrogen) atoms. The van der Waals surface area contributed by atoms with Crippen LogP contribution in [0.2, 0.25) is 0 Å². The standard InChI is InChI=1S/C33H46N2O.C2H6/c1-7-9-20(2)14-26-17-27-22(4)28(34)11-12-32(27,5)31-30(36)29-21(3)15-24(23-10-8-13-35-19-23)16-25(29)18-33(26,31)6;1-2/h8,10,13,16,19,22,26-28,30-31,36H,2-3,7,9,11-12,14-15,17-18,34H2,1,4-6H3;1-2H3. The summed E-state index contributed by atoms with van der Waals surface area (Å²) < 4.78 is 0. The molecule has 208 valence electrons. The van der Waals surface area contributed by atoms with Gasteiger partial charge < -0.3 is 10.8 Å². The molecular weight excluding hydrogens is 464 g/mol.